The molecule has 0 spiro atoms. The molecule has 0 N–H and O–H groups in total. The van der Waals surface area contributed by atoms with E-state index in [4.69, 9.17) is 4.74 Å². The molecule has 1 nitrogen and oxygen atoms in total. The van der Waals surface area contributed by atoms with Crippen molar-refractivity contribution >= 4 is 0 Å². The second kappa shape index (κ2) is 10.1. The van der Waals surface area contributed by atoms with Gasteiger partial charge in [-0.3, -0.25) is 0 Å². The van der Waals surface area contributed by atoms with E-state index in [0.717, 1.165) is 17.8 Å². The molecule has 136 valence electrons. The third-order valence-electron chi connectivity index (χ3n) is 7.13. The van der Waals surface area contributed by atoms with E-state index in [2.05, 4.69) is 13.8 Å². The van der Waals surface area contributed by atoms with E-state index in [0.29, 0.717) is 0 Å². The zero-order valence-corrected chi connectivity index (χ0v) is 16.2. The average Bonchev–Trinajstić information content (AvgIpc) is 2.61. The van der Waals surface area contributed by atoms with Crippen LogP contribution >= 0.6 is 0 Å². The Morgan fingerprint density at radius 2 is 1.39 bits per heavy atom. The van der Waals surface area contributed by atoms with Crippen LogP contribution < -0.4 is 0 Å². The van der Waals surface area contributed by atoms with E-state index < -0.39 is 0 Å². The zero-order valence-electron chi connectivity index (χ0n) is 16.2. The van der Waals surface area contributed by atoms with Crippen LogP contribution in [0.25, 0.3) is 0 Å². The average molecular weight is 323 g/mol. The van der Waals surface area contributed by atoms with E-state index in [1.165, 1.54) is 96.3 Å². The summed E-state index contributed by atoms with van der Waals surface area (Å²) in [6, 6.07) is 0. The van der Waals surface area contributed by atoms with Gasteiger partial charge in [-0.15, -0.1) is 0 Å². The Morgan fingerprint density at radius 1 is 0.783 bits per heavy atom. The van der Waals surface area contributed by atoms with Crippen molar-refractivity contribution in [2.75, 3.05) is 7.11 Å². The summed E-state index contributed by atoms with van der Waals surface area (Å²) in [5, 5.41) is 0. The summed E-state index contributed by atoms with van der Waals surface area (Å²) >= 11 is 0. The first-order chi connectivity index (χ1) is 11.2. The lowest BCUT2D eigenvalue weighted by atomic mass is 9.67. The van der Waals surface area contributed by atoms with Crippen LogP contribution in [0.15, 0.2) is 0 Å². The van der Waals surface area contributed by atoms with Gasteiger partial charge in [-0.05, 0) is 62.7 Å². The highest BCUT2D eigenvalue weighted by Gasteiger charge is 2.38. The van der Waals surface area contributed by atoms with Crippen LogP contribution in [0, 0.1) is 17.8 Å². The Hall–Kier alpha value is -0.0400. The SMILES string of the molecule is CCCCCC1CCC(C2CCC(CCCC)(OC)CC2)CC1. The van der Waals surface area contributed by atoms with Crippen molar-refractivity contribution in [1.29, 1.82) is 0 Å². The molecule has 2 aliphatic carbocycles. The van der Waals surface area contributed by atoms with Crippen molar-refractivity contribution in [3.8, 4) is 0 Å². The van der Waals surface area contributed by atoms with Crippen molar-refractivity contribution in [1.82, 2.24) is 0 Å². The number of hydrogen-bond acceptors (Lipinski definition) is 1. The van der Waals surface area contributed by atoms with Crippen LogP contribution in [-0.2, 0) is 4.74 Å². The van der Waals surface area contributed by atoms with Gasteiger partial charge in [-0.1, -0.05) is 65.2 Å². The van der Waals surface area contributed by atoms with Crippen LogP contribution in [0.3, 0.4) is 0 Å². The number of ether oxygens (including phenoxy) is 1. The van der Waals surface area contributed by atoms with Crippen molar-refractivity contribution in [2.24, 2.45) is 17.8 Å². The molecule has 0 heterocycles. The minimum Gasteiger partial charge on any atom is -0.378 e. The lowest BCUT2D eigenvalue weighted by Gasteiger charge is -2.43. The number of hydrogen-bond donors (Lipinski definition) is 0. The summed E-state index contributed by atoms with van der Waals surface area (Å²) in [4.78, 5) is 0. The van der Waals surface area contributed by atoms with Gasteiger partial charge in [0.25, 0.3) is 0 Å². The van der Waals surface area contributed by atoms with Crippen LogP contribution in [0.5, 0.6) is 0 Å². The monoisotopic (exact) mass is 322 g/mol. The van der Waals surface area contributed by atoms with Gasteiger partial charge in [0.05, 0.1) is 5.60 Å². The van der Waals surface area contributed by atoms with Gasteiger partial charge in [0, 0.05) is 7.11 Å². The zero-order chi connectivity index (χ0) is 16.5. The van der Waals surface area contributed by atoms with E-state index in [9.17, 15) is 0 Å². The molecule has 0 unspecified atom stereocenters. The number of unbranched alkanes of at least 4 members (excludes halogenated alkanes) is 3. The maximum Gasteiger partial charge on any atom is 0.0679 e. The summed E-state index contributed by atoms with van der Waals surface area (Å²) in [5.74, 6) is 3.11. The fourth-order valence-corrected chi connectivity index (χ4v) is 5.32. The molecular weight excluding hydrogens is 280 g/mol. The predicted molar refractivity (Wildman–Crippen MR) is 101 cm³/mol. The van der Waals surface area contributed by atoms with Crippen molar-refractivity contribution in [3.05, 3.63) is 0 Å². The maximum absolute atomic E-state index is 5.99. The van der Waals surface area contributed by atoms with E-state index in [1.54, 1.807) is 0 Å². The summed E-state index contributed by atoms with van der Waals surface area (Å²) in [6.07, 6.45) is 21.3. The van der Waals surface area contributed by atoms with Gasteiger partial charge in [-0.25, -0.2) is 0 Å². The van der Waals surface area contributed by atoms with E-state index >= 15 is 0 Å². The first kappa shape index (κ1) is 19.3. The molecule has 0 aromatic heterocycles. The molecule has 1 heteroatoms. The first-order valence-electron chi connectivity index (χ1n) is 10.8. The molecule has 0 bridgehead atoms. The first-order valence-corrected chi connectivity index (χ1v) is 10.8. The molecule has 0 amide bonds. The van der Waals surface area contributed by atoms with Crippen LogP contribution in [-0.4, -0.2) is 12.7 Å². The van der Waals surface area contributed by atoms with Gasteiger partial charge >= 0.3 is 0 Å². The van der Waals surface area contributed by atoms with E-state index in [1.807, 2.05) is 7.11 Å². The number of methoxy groups -OCH3 is 1. The molecule has 2 fully saturated rings. The minimum atomic E-state index is 0.240. The van der Waals surface area contributed by atoms with Gasteiger partial charge in [0.1, 0.15) is 0 Å². The topological polar surface area (TPSA) is 9.23 Å². The fourth-order valence-electron chi connectivity index (χ4n) is 5.32. The maximum atomic E-state index is 5.99. The second-order valence-corrected chi connectivity index (χ2v) is 8.60. The molecular formula is C22H42O. The molecule has 0 radical (unpaired) electrons. The molecule has 23 heavy (non-hydrogen) atoms. The molecule has 0 aromatic rings. The highest BCUT2D eigenvalue weighted by Crippen LogP contribution is 2.45. The lowest BCUT2D eigenvalue weighted by molar-refractivity contribution is -0.0637. The second-order valence-electron chi connectivity index (χ2n) is 8.60. The molecule has 2 rings (SSSR count). The van der Waals surface area contributed by atoms with Crippen LogP contribution in [0.4, 0.5) is 0 Å². The highest BCUT2D eigenvalue weighted by molar-refractivity contribution is 4.90. The summed E-state index contributed by atoms with van der Waals surface area (Å²) < 4.78 is 5.99. The minimum absolute atomic E-state index is 0.240. The highest BCUT2D eigenvalue weighted by atomic mass is 16.5. The standard InChI is InChI=1S/C22H42O/c1-4-6-8-9-19-10-12-20(13-11-19)21-14-17-22(23-3,18-15-21)16-7-5-2/h19-21H,4-18H2,1-3H3. The number of rotatable bonds is 9. The lowest BCUT2D eigenvalue weighted by Crippen LogP contribution is -2.38. The Labute approximate surface area is 146 Å². The Kier molecular flexibility index (Phi) is 8.44. The van der Waals surface area contributed by atoms with Gasteiger partial charge in [0.15, 0.2) is 0 Å². The molecule has 0 saturated heterocycles. The molecule has 0 aromatic carbocycles. The van der Waals surface area contributed by atoms with Gasteiger partial charge in [0.2, 0.25) is 0 Å². The largest absolute Gasteiger partial charge is 0.378 e. The van der Waals surface area contributed by atoms with Gasteiger partial charge < -0.3 is 4.74 Å². The Balaban J connectivity index is 1.70. The van der Waals surface area contributed by atoms with Crippen LogP contribution in [0.1, 0.15) is 110 Å². The smallest absolute Gasteiger partial charge is 0.0679 e. The Bertz CT molecular complexity index is 295. The van der Waals surface area contributed by atoms with Crippen molar-refractivity contribution in [2.45, 2.75) is 116 Å². The Morgan fingerprint density at radius 3 is 1.96 bits per heavy atom. The summed E-state index contributed by atoms with van der Waals surface area (Å²) in [5.41, 5.74) is 0.240. The quantitative estimate of drug-likeness (QED) is 0.410. The predicted octanol–water partition coefficient (Wildman–Crippen LogP) is 7.14. The summed E-state index contributed by atoms with van der Waals surface area (Å²) in [7, 11) is 1.96. The van der Waals surface area contributed by atoms with Crippen molar-refractivity contribution in [3.63, 3.8) is 0 Å². The van der Waals surface area contributed by atoms with E-state index in [-0.39, 0.29) is 5.60 Å². The molecule has 0 atom stereocenters. The third kappa shape index (κ3) is 5.76. The van der Waals surface area contributed by atoms with Crippen LogP contribution in [0.2, 0.25) is 0 Å². The fraction of sp³-hybridized carbons (Fsp3) is 1.00. The normalized spacial score (nSPS) is 35.3. The molecule has 0 aliphatic heterocycles. The third-order valence-corrected chi connectivity index (χ3v) is 7.13. The summed E-state index contributed by atoms with van der Waals surface area (Å²) in [6.45, 7) is 4.62. The van der Waals surface area contributed by atoms with Gasteiger partial charge in [-0.2, -0.15) is 0 Å². The molecule has 2 aliphatic rings. The molecule has 2 saturated carbocycles. The van der Waals surface area contributed by atoms with Crippen molar-refractivity contribution < 1.29 is 4.74 Å².